The maximum absolute atomic E-state index is 10.8. The topological polar surface area (TPSA) is 29.1 Å². The summed E-state index contributed by atoms with van der Waals surface area (Å²) in [5.41, 5.74) is 0. The summed E-state index contributed by atoms with van der Waals surface area (Å²) in [7, 11) is 0. The van der Waals surface area contributed by atoms with Crippen LogP contribution >= 0.6 is 0 Å². The molecule has 1 unspecified atom stereocenters. The minimum atomic E-state index is -0.0911. The summed E-state index contributed by atoms with van der Waals surface area (Å²) in [6.45, 7) is 4.87. The van der Waals surface area contributed by atoms with E-state index in [-0.39, 0.29) is 6.61 Å². The zero-order chi connectivity index (χ0) is 20.5. The average Bonchev–Trinajstić information content (AvgIpc) is 2.71. The number of hydrogen-bond acceptors (Lipinski definition) is 1. The Bertz CT molecular complexity index is 267. The Kier molecular flexibility index (Phi) is 24.9. The molecular weight excluding hydrogens is 344 g/mol. The lowest BCUT2D eigenvalue weighted by atomic mass is 10.0. The highest BCUT2D eigenvalue weighted by Gasteiger charge is 2.09. The molecule has 0 aliphatic heterocycles. The van der Waals surface area contributed by atoms with Gasteiger partial charge in [0.05, 0.1) is 12.7 Å². The van der Waals surface area contributed by atoms with E-state index in [0.29, 0.717) is 12.7 Å². The van der Waals surface area contributed by atoms with Crippen LogP contribution in [0.25, 0.3) is 0 Å². The average molecular weight is 398 g/mol. The van der Waals surface area contributed by atoms with E-state index in [9.17, 15) is 5.11 Å². The number of unbranched alkanes of at least 4 members (excludes halogenated alkanes) is 17. The first kappa shape index (κ1) is 27.9. The van der Waals surface area contributed by atoms with Crippen molar-refractivity contribution in [3.8, 4) is 0 Å². The Balaban J connectivity index is 3.51. The van der Waals surface area contributed by atoms with Crippen molar-refractivity contribution >= 4 is 0 Å². The Labute approximate surface area is 178 Å². The molecule has 0 aliphatic rings. The van der Waals surface area contributed by atoms with Crippen molar-refractivity contribution in [1.82, 2.24) is 0 Å². The molecule has 0 aromatic heterocycles. The van der Waals surface area contributed by atoms with E-state index in [0.717, 1.165) is 12.8 Å². The fourth-order valence-electron chi connectivity index (χ4n) is 4.07. The third kappa shape index (κ3) is 22.2. The summed E-state index contributed by atoms with van der Waals surface area (Å²) in [6, 6.07) is 0. The molecule has 0 aromatic rings. The first-order valence-electron chi connectivity index (χ1n) is 13.0. The quantitative estimate of drug-likeness (QED) is 0.149. The van der Waals surface area contributed by atoms with Gasteiger partial charge in [0, 0.05) is 0 Å². The van der Waals surface area contributed by atoms with Crippen LogP contribution in [0.4, 0.5) is 0 Å². The molecule has 169 valence electrons. The second kappa shape index (κ2) is 25.0. The van der Waals surface area contributed by atoms with Crippen molar-refractivity contribution < 1.29 is 9.84 Å². The Morgan fingerprint density at radius 2 is 0.821 bits per heavy atom. The normalized spacial score (nSPS) is 12.5. The molecule has 0 fully saturated rings. The maximum Gasteiger partial charge on any atom is 0.106 e. The second-order valence-corrected chi connectivity index (χ2v) is 8.78. The molecule has 1 radical (unpaired) electrons. The minimum absolute atomic E-state index is 0.0911. The van der Waals surface area contributed by atoms with Gasteiger partial charge in [0.15, 0.2) is 0 Å². The first-order valence-corrected chi connectivity index (χ1v) is 13.0. The van der Waals surface area contributed by atoms with Crippen LogP contribution < -0.4 is 0 Å². The highest BCUT2D eigenvalue weighted by molar-refractivity contribution is 4.60. The summed E-state index contributed by atoms with van der Waals surface area (Å²) in [6.07, 6.45) is 28.9. The molecule has 0 N–H and O–H groups in total. The number of rotatable bonds is 24. The second-order valence-electron chi connectivity index (χ2n) is 8.78. The fraction of sp³-hybridized carbons (Fsp3) is 1.00. The molecule has 2 heteroatoms. The molecule has 0 amide bonds. The lowest BCUT2D eigenvalue weighted by molar-refractivity contribution is 0.00216. The molecular formula is C26H53O2. The molecule has 0 saturated carbocycles. The summed E-state index contributed by atoms with van der Waals surface area (Å²) >= 11 is 0. The van der Waals surface area contributed by atoms with Gasteiger partial charge in [-0.3, -0.25) is 0 Å². The summed E-state index contributed by atoms with van der Waals surface area (Å²) in [5.74, 6) is 0. The van der Waals surface area contributed by atoms with E-state index >= 15 is 0 Å². The van der Waals surface area contributed by atoms with Crippen LogP contribution in [0.3, 0.4) is 0 Å². The zero-order valence-corrected chi connectivity index (χ0v) is 19.7. The van der Waals surface area contributed by atoms with Gasteiger partial charge >= 0.3 is 0 Å². The highest BCUT2D eigenvalue weighted by Crippen LogP contribution is 2.17. The Morgan fingerprint density at radius 1 is 0.500 bits per heavy atom. The third-order valence-electron chi connectivity index (χ3n) is 5.95. The van der Waals surface area contributed by atoms with Crippen molar-refractivity contribution in [2.45, 2.75) is 155 Å². The van der Waals surface area contributed by atoms with Gasteiger partial charge in [0.25, 0.3) is 0 Å². The van der Waals surface area contributed by atoms with Gasteiger partial charge in [-0.25, -0.2) is 5.11 Å². The first-order chi connectivity index (χ1) is 13.8. The van der Waals surface area contributed by atoms with E-state index in [1.54, 1.807) is 0 Å². The standard InChI is InChI=1S/C26H53O2/c1-3-5-7-9-11-13-14-15-17-19-21-23-26(28-25-24-27)22-20-18-16-12-10-8-6-4-2/h26H,3-25H2,1-2H3. The number of ether oxygens (including phenoxy) is 1. The molecule has 0 saturated heterocycles. The van der Waals surface area contributed by atoms with Crippen LogP contribution in [-0.4, -0.2) is 19.3 Å². The van der Waals surface area contributed by atoms with E-state index in [1.807, 2.05) is 0 Å². The minimum Gasteiger partial charge on any atom is -0.376 e. The van der Waals surface area contributed by atoms with Gasteiger partial charge in [0.1, 0.15) is 6.61 Å². The summed E-state index contributed by atoms with van der Waals surface area (Å²) in [4.78, 5) is 0. The summed E-state index contributed by atoms with van der Waals surface area (Å²) < 4.78 is 5.83. The molecule has 0 aliphatic carbocycles. The van der Waals surface area contributed by atoms with Crippen molar-refractivity contribution in [3.05, 3.63) is 0 Å². The molecule has 0 aromatic carbocycles. The van der Waals surface area contributed by atoms with E-state index < -0.39 is 0 Å². The molecule has 2 nitrogen and oxygen atoms in total. The van der Waals surface area contributed by atoms with Crippen molar-refractivity contribution in [2.75, 3.05) is 13.2 Å². The molecule has 0 bridgehead atoms. The van der Waals surface area contributed by atoms with Gasteiger partial charge in [-0.2, -0.15) is 0 Å². The largest absolute Gasteiger partial charge is 0.376 e. The lowest BCUT2D eigenvalue weighted by Crippen LogP contribution is -2.15. The number of hydrogen-bond donors (Lipinski definition) is 0. The van der Waals surface area contributed by atoms with Gasteiger partial charge in [-0.15, -0.1) is 0 Å². The summed E-state index contributed by atoms with van der Waals surface area (Å²) in [5, 5.41) is 10.8. The van der Waals surface area contributed by atoms with Gasteiger partial charge in [-0.05, 0) is 12.8 Å². The predicted octanol–water partition coefficient (Wildman–Crippen LogP) is 9.03. The molecule has 0 rings (SSSR count). The smallest absolute Gasteiger partial charge is 0.106 e. The Hall–Kier alpha value is -0.0800. The SMILES string of the molecule is CCCCCCCCCCCCCC(CCCCCCCCCC)OCC[O]. The molecule has 0 spiro atoms. The van der Waals surface area contributed by atoms with E-state index in [4.69, 9.17) is 4.74 Å². The third-order valence-corrected chi connectivity index (χ3v) is 5.95. The predicted molar refractivity (Wildman–Crippen MR) is 124 cm³/mol. The van der Waals surface area contributed by atoms with Crippen LogP contribution in [-0.2, 0) is 9.84 Å². The van der Waals surface area contributed by atoms with Crippen molar-refractivity contribution in [2.24, 2.45) is 0 Å². The maximum atomic E-state index is 10.8. The lowest BCUT2D eigenvalue weighted by Gasteiger charge is -2.17. The van der Waals surface area contributed by atoms with Crippen molar-refractivity contribution in [1.29, 1.82) is 0 Å². The monoisotopic (exact) mass is 397 g/mol. The highest BCUT2D eigenvalue weighted by atomic mass is 16.5. The molecule has 1 atom stereocenters. The van der Waals surface area contributed by atoms with Crippen LogP contribution in [0.15, 0.2) is 0 Å². The van der Waals surface area contributed by atoms with Crippen molar-refractivity contribution in [3.63, 3.8) is 0 Å². The fourth-order valence-corrected chi connectivity index (χ4v) is 4.07. The Morgan fingerprint density at radius 3 is 1.14 bits per heavy atom. The van der Waals surface area contributed by atoms with Crippen LogP contribution in [0, 0.1) is 0 Å². The van der Waals surface area contributed by atoms with E-state index in [2.05, 4.69) is 13.8 Å². The van der Waals surface area contributed by atoms with Gasteiger partial charge in [0.2, 0.25) is 0 Å². The van der Waals surface area contributed by atoms with Crippen LogP contribution in [0.2, 0.25) is 0 Å². The van der Waals surface area contributed by atoms with Crippen LogP contribution in [0.5, 0.6) is 0 Å². The zero-order valence-electron chi connectivity index (χ0n) is 19.7. The van der Waals surface area contributed by atoms with Crippen LogP contribution in [0.1, 0.15) is 149 Å². The van der Waals surface area contributed by atoms with Gasteiger partial charge < -0.3 is 4.74 Å². The van der Waals surface area contributed by atoms with Gasteiger partial charge in [-0.1, -0.05) is 136 Å². The molecule has 28 heavy (non-hydrogen) atoms. The van der Waals surface area contributed by atoms with E-state index in [1.165, 1.54) is 122 Å². The molecule has 0 heterocycles.